The second kappa shape index (κ2) is 8.88. The highest BCUT2D eigenvalue weighted by Crippen LogP contribution is 2.10. The Hall–Kier alpha value is -2.29. The van der Waals surface area contributed by atoms with E-state index in [1.165, 1.54) is 0 Å². The summed E-state index contributed by atoms with van der Waals surface area (Å²) in [5, 5.41) is 6.17. The molecule has 7 nitrogen and oxygen atoms in total. The fourth-order valence-corrected chi connectivity index (χ4v) is 1.34. The molecule has 2 aromatic rings. The van der Waals surface area contributed by atoms with Gasteiger partial charge in [0, 0.05) is 5.10 Å². The topological polar surface area (TPSA) is 85.9 Å². The zero-order valence-corrected chi connectivity index (χ0v) is 13.1. The number of hydrogen-bond acceptors (Lipinski definition) is 6. The Bertz CT molecular complexity index is 676. The third-order valence-electron chi connectivity index (χ3n) is 2.43. The summed E-state index contributed by atoms with van der Waals surface area (Å²) in [6, 6.07) is 15.9. The van der Waals surface area contributed by atoms with Crippen molar-refractivity contribution in [3.05, 3.63) is 60.9 Å². The number of benzene rings is 1. The van der Waals surface area contributed by atoms with Crippen LogP contribution in [0.3, 0.4) is 0 Å². The Morgan fingerprint density at radius 2 is 1.64 bits per heavy atom. The average molecular weight is 323 g/mol. The molecule has 0 spiro atoms. The molecule has 2 rings (SSSR count). The number of hydrogen-bond donors (Lipinski definition) is 0. The van der Waals surface area contributed by atoms with Crippen LogP contribution in [0.2, 0.25) is 0 Å². The van der Waals surface area contributed by atoms with E-state index in [1.54, 1.807) is 6.34 Å². The Balaban J connectivity index is 0.000000346. The summed E-state index contributed by atoms with van der Waals surface area (Å²) in [6.07, 6.45) is 5.66. The Labute approximate surface area is 130 Å². The molecule has 0 amide bonds. The van der Waals surface area contributed by atoms with Crippen molar-refractivity contribution in [3.63, 3.8) is 0 Å². The van der Waals surface area contributed by atoms with Gasteiger partial charge in [0.2, 0.25) is 10.4 Å². The first kappa shape index (κ1) is 17.8. The van der Waals surface area contributed by atoms with Gasteiger partial charge in [-0.1, -0.05) is 24.3 Å². The van der Waals surface area contributed by atoms with E-state index in [-0.39, 0.29) is 0 Å². The summed E-state index contributed by atoms with van der Waals surface area (Å²) < 4.78 is 32.9. The van der Waals surface area contributed by atoms with E-state index in [0.29, 0.717) is 0 Å². The van der Waals surface area contributed by atoms with Gasteiger partial charge in [-0.15, -0.1) is 0 Å². The number of pyridine rings is 1. The lowest BCUT2D eigenvalue weighted by atomic mass is 10.3. The number of nitrogens with zero attached hydrogens (tertiary/aromatic N) is 3. The molecule has 1 aromatic carbocycles. The minimum atomic E-state index is -4.41. The van der Waals surface area contributed by atoms with E-state index in [2.05, 4.69) is 9.28 Å². The molecule has 0 aliphatic heterocycles. The van der Waals surface area contributed by atoms with Crippen molar-refractivity contribution in [2.24, 2.45) is 5.10 Å². The molecule has 0 unspecified atom stereocenters. The Kier molecular flexibility index (Phi) is 7.17. The van der Waals surface area contributed by atoms with Gasteiger partial charge in [-0.3, -0.25) is 4.18 Å². The van der Waals surface area contributed by atoms with Crippen molar-refractivity contribution < 1.29 is 21.7 Å². The lowest BCUT2D eigenvalue weighted by molar-refractivity contribution is -0.546. The lowest BCUT2D eigenvalue weighted by Crippen LogP contribution is -2.33. The van der Waals surface area contributed by atoms with E-state index in [0.717, 1.165) is 12.8 Å². The third-order valence-corrected chi connectivity index (χ3v) is 2.84. The van der Waals surface area contributed by atoms with Crippen LogP contribution in [-0.2, 0) is 14.6 Å². The van der Waals surface area contributed by atoms with Crippen molar-refractivity contribution in [1.82, 2.24) is 0 Å². The number of para-hydroxylation sites is 1. The van der Waals surface area contributed by atoms with Gasteiger partial charge in [0.25, 0.3) is 0 Å². The van der Waals surface area contributed by atoms with Crippen LogP contribution in [-0.4, -0.2) is 33.5 Å². The molecule has 0 saturated carbocycles. The van der Waals surface area contributed by atoms with Crippen molar-refractivity contribution in [2.75, 3.05) is 19.2 Å². The van der Waals surface area contributed by atoms with Crippen molar-refractivity contribution >= 4 is 22.4 Å². The summed E-state index contributed by atoms with van der Waals surface area (Å²) in [5.41, 5.74) is 1.07. The molecule has 0 saturated heterocycles. The van der Waals surface area contributed by atoms with Crippen molar-refractivity contribution in [2.45, 2.75) is 0 Å². The first-order chi connectivity index (χ1) is 10.4. The van der Waals surface area contributed by atoms with E-state index in [1.807, 2.05) is 77.5 Å². The maximum absolute atomic E-state index is 9.22. The monoisotopic (exact) mass is 323 g/mol. The molecule has 0 aliphatic rings. The fourth-order valence-electron chi connectivity index (χ4n) is 1.34. The summed E-state index contributed by atoms with van der Waals surface area (Å²) >= 11 is 0. The van der Waals surface area contributed by atoms with Crippen LogP contribution in [0.1, 0.15) is 0 Å². The van der Waals surface area contributed by atoms with Gasteiger partial charge in [0.1, 0.15) is 0 Å². The Morgan fingerprint density at radius 1 is 1.14 bits per heavy atom. The van der Waals surface area contributed by atoms with Gasteiger partial charge >= 0.3 is 6.34 Å². The van der Waals surface area contributed by atoms with Gasteiger partial charge in [0.05, 0.1) is 32.2 Å². The van der Waals surface area contributed by atoms with Gasteiger partial charge < -0.3 is 4.55 Å². The average Bonchev–Trinajstić information content (AvgIpc) is 2.54. The zero-order valence-electron chi connectivity index (χ0n) is 12.2. The molecule has 8 heteroatoms. The summed E-state index contributed by atoms with van der Waals surface area (Å²) in [5.74, 6) is 0. The fraction of sp³-hybridized carbons (Fsp3) is 0.143. The largest absolute Gasteiger partial charge is 0.726 e. The molecule has 22 heavy (non-hydrogen) atoms. The van der Waals surface area contributed by atoms with Crippen LogP contribution in [0.5, 0.6) is 0 Å². The first-order valence-corrected chi connectivity index (χ1v) is 7.56. The highest BCUT2D eigenvalue weighted by Gasteiger charge is 2.01. The van der Waals surface area contributed by atoms with Gasteiger partial charge in [-0.25, -0.2) is 13.0 Å². The van der Waals surface area contributed by atoms with Crippen LogP contribution in [0.25, 0.3) is 0 Å². The number of hydrazone groups is 1. The highest BCUT2D eigenvalue weighted by molar-refractivity contribution is 7.80. The first-order valence-electron chi connectivity index (χ1n) is 6.22. The number of aromatic nitrogens is 1. The molecule has 1 aromatic heterocycles. The van der Waals surface area contributed by atoms with E-state index >= 15 is 0 Å². The minimum Gasteiger partial charge on any atom is -0.726 e. The Morgan fingerprint density at radius 3 is 2.14 bits per heavy atom. The molecule has 0 bridgehead atoms. The maximum atomic E-state index is 9.22. The number of rotatable bonds is 4. The van der Waals surface area contributed by atoms with E-state index in [9.17, 15) is 13.0 Å². The van der Waals surface area contributed by atoms with Crippen LogP contribution < -0.4 is 9.58 Å². The predicted octanol–water partition coefficient (Wildman–Crippen LogP) is 0.995. The lowest BCUT2D eigenvalue weighted by Gasteiger charge is -2.04. The highest BCUT2D eigenvalue weighted by atomic mass is 32.3. The second-order valence-corrected chi connectivity index (χ2v) is 5.14. The van der Waals surface area contributed by atoms with Crippen LogP contribution in [0, 0.1) is 0 Å². The molecular formula is C14H17N3O4S. The molecule has 0 N–H and O–H groups in total. The smallest absolute Gasteiger partial charge is 0.316 e. The normalized spacial score (nSPS) is 10.9. The molecule has 0 radical (unpaired) electrons. The molecule has 118 valence electrons. The van der Waals surface area contributed by atoms with Gasteiger partial charge in [0.15, 0.2) is 0 Å². The second-order valence-electron chi connectivity index (χ2n) is 3.99. The molecular weight excluding hydrogens is 306 g/mol. The summed E-state index contributed by atoms with van der Waals surface area (Å²) in [6.45, 7) is 0. The summed E-state index contributed by atoms with van der Waals surface area (Å²) in [4.78, 5) is 0. The van der Waals surface area contributed by atoms with Crippen LogP contribution in [0.15, 0.2) is 66.0 Å². The molecule has 0 aliphatic carbocycles. The third kappa shape index (κ3) is 7.48. The van der Waals surface area contributed by atoms with Crippen molar-refractivity contribution in [1.29, 1.82) is 0 Å². The molecule has 0 fully saturated rings. The predicted molar refractivity (Wildman–Crippen MR) is 82.1 cm³/mol. The zero-order chi connectivity index (χ0) is 16.4. The SMILES string of the molecule is CN(N=C[n+]1ccccc1)c1ccccc1.COS(=O)(=O)[O-]. The van der Waals surface area contributed by atoms with Crippen LogP contribution >= 0.6 is 0 Å². The van der Waals surface area contributed by atoms with E-state index < -0.39 is 10.4 Å². The maximum Gasteiger partial charge on any atom is 0.316 e. The quantitative estimate of drug-likeness (QED) is 0.209. The molecule has 0 atom stereocenters. The van der Waals surface area contributed by atoms with Gasteiger partial charge in [-0.2, -0.15) is 5.01 Å². The molecule has 1 heterocycles. The van der Waals surface area contributed by atoms with Crippen LogP contribution in [0.4, 0.5) is 5.69 Å². The standard InChI is InChI=1S/C13H14N3.CH4O4S/c1-15(13-8-4-2-5-9-13)14-12-16-10-6-3-7-11-16;1-5-6(2,3)4/h2-12H,1H3;1H3,(H,2,3,4)/q+1;/p-1. The van der Waals surface area contributed by atoms with E-state index in [4.69, 9.17) is 0 Å². The van der Waals surface area contributed by atoms with Gasteiger partial charge in [-0.05, 0) is 24.3 Å². The summed E-state index contributed by atoms with van der Waals surface area (Å²) in [7, 11) is -1.68. The minimum absolute atomic E-state index is 0.808. The van der Waals surface area contributed by atoms with Crippen molar-refractivity contribution in [3.8, 4) is 0 Å². The number of anilines is 1.